The smallest absolute Gasteiger partial charge is 0.240 e. The zero-order valence-electron chi connectivity index (χ0n) is 11.1. The fourth-order valence-corrected chi connectivity index (χ4v) is 2.19. The minimum atomic E-state index is -0.861. The summed E-state index contributed by atoms with van der Waals surface area (Å²) in [5.41, 5.74) is 0.156. The first-order valence-electron chi connectivity index (χ1n) is 6.49. The Kier molecular flexibility index (Phi) is 5.44. The van der Waals surface area contributed by atoms with Crippen molar-refractivity contribution in [3.05, 3.63) is 24.0 Å². The summed E-state index contributed by atoms with van der Waals surface area (Å²) in [5, 5.41) is 12.2. The molecule has 0 saturated heterocycles. The summed E-state index contributed by atoms with van der Waals surface area (Å²) in [5.74, 6) is -0.144. The van der Waals surface area contributed by atoms with Gasteiger partial charge in [0.15, 0.2) is 0 Å². The predicted molar refractivity (Wildman–Crippen MR) is 70.5 cm³/mol. The molecule has 1 aromatic heterocycles. The first-order chi connectivity index (χ1) is 8.68. The molecule has 4 heteroatoms. The van der Waals surface area contributed by atoms with E-state index in [1.54, 1.807) is 0 Å². The molecule has 0 radical (unpaired) electrons. The van der Waals surface area contributed by atoms with E-state index in [2.05, 4.69) is 16.4 Å². The van der Waals surface area contributed by atoms with Crippen molar-refractivity contribution in [2.45, 2.75) is 46.1 Å². The largest absolute Gasteiger partial charge is 0.367 e. The molecular formula is C14H21N3O. The van der Waals surface area contributed by atoms with E-state index in [1.165, 1.54) is 0 Å². The minimum Gasteiger partial charge on any atom is -0.367 e. The number of hydrogen-bond acceptors (Lipinski definition) is 2. The van der Waals surface area contributed by atoms with Crippen LogP contribution in [-0.2, 0) is 11.3 Å². The van der Waals surface area contributed by atoms with Crippen LogP contribution in [-0.4, -0.2) is 10.9 Å². The lowest BCUT2D eigenvalue weighted by atomic mass is 9.80. The zero-order valence-corrected chi connectivity index (χ0v) is 11.1. The number of hydrogen-bond donors (Lipinski definition) is 2. The molecule has 0 saturated carbocycles. The second kappa shape index (κ2) is 6.85. The fraction of sp³-hybridized carbons (Fsp3) is 0.571. The van der Waals surface area contributed by atoms with Gasteiger partial charge in [0, 0.05) is 18.9 Å². The maximum absolute atomic E-state index is 12.2. The molecule has 18 heavy (non-hydrogen) atoms. The van der Waals surface area contributed by atoms with E-state index < -0.39 is 5.41 Å². The van der Waals surface area contributed by atoms with Crippen LogP contribution < -0.4 is 5.32 Å². The average molecular weight is 247 g/mol. The molecule has 0 aromatic carbocycles. The molecule has 2 N–H and O–H groups in total. The van der Waals surface area contributed by atoms with Crippen molar-refractivity contribution in [3.63, 3.8) is 0 Å². The number of nitriles is 1. The monoisotopic (exact) mass is 247 g/mol. The number of aromatic nitrogens is 1. The van der Waals surface area contributed by atoms with Gasteiger partial charge in [-0.3, -0.25) is 4.79 Å². The maximum atomic E-state index is 12.2. The number of nitrogens with one attached hydrogen (secondary N) is 2. The Morgan fingerprint density at radius 1 is 1.44 bits per heavy atom. The van der Waals surface area contributed by atoms with Crippen molar-refractivity contribution in [2.75, 3.05) is 0 Å². The van der Waals surface area contributed by atoms with Crippen LogP contribution in [0.3, 0.4) is 0 Å². The molecule has 4 nitrogen and oxygen atoms in total. The number of amides is 1. The summed E-state index contributed by atoms with van der Waals surface area (Å²) < 4.78 is 0. The molecule has 0 atom stereocenters. The average Bonchev–Trinajstić information content (AvgIpc) is 2.88. The highest BCUT2D eigenvalue weighted by molar-refractivity contribution is 5.85. The molecule has 0 aliphatic carbocycles. The standard InChI is InChI=1S/C14H21N3O/c1-3-6-14(11-15,7-4-2)13(18)17-10-12-5-8-16-9-12/h5,8-9,16H,3-4,6-7,10H2,1-2H3,(H,17,18). The normalized spacial score (nSPS) is 10.9. The third-order valence-electron chi connectivity index (χ3n) is 3.12. The number of aromatic amines is 1. The molecule has 0 aliphatic heterocycles. The third-order valence-corrected chi connectivity index (χ3v) is 3.12. The molecule has 0 spiro atoms. The Morgan fingerprint density at radius 3 is 2.56 bits per heavy atom. The van der Waals surface area contributed by atoms with Crippen LogP contribution in [0.2, 0.25) is 0 Å². The molecule has 1 rings (SSSR count). The Balaban J connectivity index is 2.67. The van der Waals surface area contributed by atoms with E-state index in [0.717, 1.165) is 18.4 Å². The second-order valence-electron chi connectivity index (χ2n) is 4.60. The van der Waals surface area contributed by atoms with Crippen molar-refractivity contribution in [3.8, 4) is 6.07 Å². The SMILES string of the molecule is CCCC(C#N)(CCC)C(=O)NCc1cc[nH]c1. The van der Waals surface area contributed by atoms with Gasteiger partial charge in [-0.05, 0) is 24.5 Å². The second-order valence-corrected chi connectivity index (χ2v) is 4.60. The Hall–Kier alpha value is -1.76. The van der Waals surface area contributed by atoms with Gasteiger partial charge >= 0.3 is 0 Å². The van der Waals surface area contributed by atoms with E-state index in [-0.39, 0.29) is 5.91 Å². The fourth-order valence-electron chi connectivity index (χ4n) is 2.19. The molecule has 1 aromatic rings. The molecule has 1 heterocycles. The van der Waals surface area contributed by atoms with Crippen LogP contribution in [0.25, 0.3) is 0 Å². The van der Waals surface area contributed by atoms with Gasteiger partial charge in [0.2, 0.25) is 5.91 Å². The predicted octanol–water partition coefficient (Wildman–Crippen LogP) is 2.74. The van der Waals surface area contributed by atoms with Gasteiger partial charge in [-0.1, -0.05) is 26.7 Å². The van der Waals surface area contributed by atoms with E-state index in [0.29, 0.717) is 19.4 Å². The summed E-state index contributed by atoms with van der Waals surface area (Å²) in [6, 6.07) is 4.14. The van der Waals surface area contributed by atoms with Crippen molar-refractivity contribution in [1.82, 2.24) is 10.3 Å². The molecule has 0 bridgehead atoms. The molecular weight excluding hydrogens is 226 g/mol. The Morgan fingerprint density at radius 2 is 2.11 bits per heavy atom. The summed E-state index contributed by atoms with van der Waals surface area (Å²) in [6.45, 7) is 4.47. The van der Waals surface area contributed by atoms with Crippen LogP contribution >= 0.6 is 0 Å². The van der Waals surface area contributed by atoms with E-state index in [1.807, 2.05) is 32.3 Å². The highest BCUT2D eigenvalue weighted by Crippen LogP contribution is 2.29. The number of rotatable bonds is 7. The number of nitrogens with zero attached hydrogens (tertiary/aromatic N) is 1. The molecule has 1 amide bonds. The van der Waals surface area contributed by atoms with Gasteiger partial charge < -0.3 is 10.3 Å². The van der Waals surface area contributed by atoms with Gasteiger partial charge in [-0.15, -0.1) is 0 Å². The highest BCUT2D eigenvalue weighted by atomic mass is 16.2. The first kappa shape index (κ1) is 14.3. The number of carbonyl (C=O) groups is 1. The van der Waals surface area contributed by atoms with E-state index in [4.69, 9.17) is 0 Å². The Labute approximate surface area is 108 Å². The molecule has 0 aliphatic rings. The highest BCUT2D eigenvalue weighted by Gasteiger charge is 2.36. The molecule has 0 fully saturated rings. The van der Waals surface area contributed by atoms with Crippen LogP contribution in [0.15, 0.2) is 18.5 Å². The number of carbonyl (C=O) groups excluding carboxylic acids is 1. The van der Waals surface area contributed by atoms with Crippen molar-refractivity contribution < 1.29 is 4.79 Å². The lowest BCUT2D eigenvalue weighted by Crippen LogP contribution is -2.39. The minimum absolute atomic E-state index is 0.144. The zero-order chi connectivity index (χ0) is 13.4. The van der Waals surface area contributed by atoms with E-state index in [9.17, 15) is 10.1 Å². The van der Waals surface area contributed by atoms with Gasteiger partial charge in [0.1, 0.15) is 5.41 Å². The van der Waals surface area contributed by atoms with Gasteiger partial charge in [0.25, 0.3) is 0 Å². The van der Waals surface area contributed by atoms with Crippen molar-refractivity contribution in [2.24, 2.45) is 5.41 Å². The summed E-state index contributed by atoms with van der Waals surface area (Å²) in [7, 11) is 0. The quantitative estimate of drug-likeness (QED) is 0.777. The van der Waals surface area contributed by atoms with Gasteiger partial charge in [-0.2, -0.15) is 5.26 Å². The van der Waals surface area contributed by atoms with Crippen LogP contribution in [0.4, 0.5) is 0 Å². The third kappa shape index (κ3) is 3.36. The lowest BCUT2D eigenvalue weighted by Gasteiger charge is -2.24. The topological polar surface area (TPSA) is 68.7 Å². The van der Waals surface area contributed by atoms with Crippen LogP contribution in [0.5, 0.6) is 0 Å². The van der Waals surface area contributed by atoms with Crippen molar-refractivity contribution >= 4 is 5.91 Å². The van der Waals surface area contributed by atoms with Gasteiger partial charge in [0.05, 0.1) is 6.07 Å². The maximum Gasteiger partial charge on any atom is 0.240 e. The van der Waals surface area contributed by atoms with Crippen LogP contribution in [0.1, 0.15) is 45.1 Å². The molecule has 0 unspecified atom stereocenters. The van der Waals surface area contributed by atoms with Crippen molar-refractivity contribution in [1.29, 1.82) is 5.26 Å². The summed E-state index contributed by atoms with van der Waals surface area (Å²) in [4.78, 5) is 15.2. The summed E-state index contributed by atoms with van der Waals surface area (Å²) in [6.07, 6.45) is 6.58. The van der Waals surface area contributed by atoms with Crippen LogP contribution in [0, 0.1) is 16.7 Å². The van der Waals surface area contributed by atoms with Gasteiger partial charge in [-0.25, -0.2) is 0 Å². The lowest BCUT2D eigenvalue weighted by molar-refractivity contribution is -0.129. The first-order valence-corrected chi connectivity index (χ1v) is 6.49. The summed E-state index contributed by atoms with van der Waals surface area (Å²) >= 11 is 0. The van der Waals surface area contributed by atoms with E-state index >= 15 is 0 Å². The number of H-pyrrole nitrogens is 1. The molecule has 98 valence electrons. The Bertz CT molecular complexity index is 397.